The molecule has 2 rings (SSSR count). The molecule has 2 unspecified atom stereocenters. The van der Waals surface area contributed by atoms with Crippen LogP contribution in [0.25, 0.3) is 0 Å². The van der Waals surface area contributed by atoms with Crippen molar-refractivity contribution < 1.29 is 9.53 Å². The number of methoxy groups -OCH3 is 1. The Morgan fingerprint density at radius 3 is 2.95 bits per heavy atom. The Balaban J connectivity index is 2.12. The third kappa shape index (κ3) is 3.77. The third-order valence-electron chi connectivity index (χ3n) is 3.79. The average Bonchev–Trinajstić information content (AvgIpc) is 2.83. The highest BCUT2D eigenvalue weighted by Crippen LogP contribution is 2.38. The van der Waals surface area contributed by atoms with Crippen molar-refractivity contribution >= 4 is 17.7 Å². The van der Waals surface area contributed by atoms with E-state index in [1.165, 1.54) is 7.11 Å². The molecule has 1 aliphatic carbocycles. The summed E-state index contributed by atoms with van der Waals surface area (Å²) in [6, 6.07) is 0.239. The predicted octanol–water partition coefficient (Wildman–Crippen LogP) is 1.76. The molecular weight excluding hydrogens is 288 g/mol. The minimum Gasteiger partial charge on any atom is -0.468 e. The number of aromatic nitrogens is 3. The van der Waals surface area contributed by atoms with Gasteiger partial charge >= 0.3 is 5.97 Å². The number of hydrogen-bond donors (Lipinski definition) is 1. The van der Waals surface area contributed by atoms with E-state index < -0.39 is 5.54 Å². The van der Waals surface area contributed by atoms with E-state index in [1.54, 1.807) is 22.8 Å². The van der Waals surface area contributed by atoms with Crippen LogP contribution in [0.5, 0.6) is 0 Å². The fourth-order valence-electron chi connectivity index (χ4n) is 2.99. The minimum absolute atomic E-state index is 0.153. The Hall–Kier alpha value is -1.08. The lowest BCUT2D eigenvalue weighted by Crippen LogP contribution is -2.58. The molecule has 6 nitrogen and oxygen atoms in total. The van der Waals surface area contributed by atoms with Gasteiger partial charge in [0.05, 0.1) is 7.11 Å². The molecule has 0 amide bonds. The van der Waals surface area contributed by atoms with Gasteiger partial charge in [-0.2, -0.15) is 5.10 Å². The van der Waals surface area contributed by atoms with Crippen molar-refractivity contribution in [1.29, 1.82) is 0 Å². The zero-order chi connectivity index (χ0) is 15.5. The number of hydrogen-bond acceptors (Lipinski definition) is 6. The predicted molar refractivity (Wildman–Crippen MR) is 82.1 cm³/mol. The second-order valence-electron chi connectivity index (χ2n) is 5.88. The molecule has 1 aromatic heterocycles. The summed E-state index contributed by atoms with van der Waals surface area (Å²) in [4.78, 5) is 16.6. The zero-order valence-corrected chi connectivity index (χ0v) is 13.9. The molecule has 0 saturated heterocycles. The summed E-state index contributed by atoms with van der Waals surface area (Å²) in [6.07, 6.45) is 5.23. The molecule has 0 spiro atoms. The van der Waals surface area contributed by atoms with Gasteiger partial charge in [-0.3, -0.25) is 10.1 Å². The first kappa shape index (κ1) is 16.3. The smallest absolute Gasteiger partial charge is 0.326 e. The number of rotatable bonds is 5. The van der Waals surface area contributed by atoms with E-state index in [2.05, 4.69) is 29.2 Å². The average molecular weight is 312 g/mol. The molecule has 7 heteroatoms. The Morgan fingerprint density at radius 2 is 2.38 bits per heavy atom. The lowest BCUT2D eigenvalue weighted by molar-refractivity contribution is -0.150. The second-order valence-corrected chi connectivity index (χ2v) is 7.14. The molecule has 0 aromatic carbocycles. The van der Waals surface area contributed by atoms with Crippen LogP contribution in [-0.2, 0) is 16.6 Å². The molecule has 0 radical (unpaired) electrons. The van der Waals surface area contributed by atoms with Crippen LogP contribution in [0.15, 0.2) is 11.5 Å². The number of nitrogens with one attached hydrogen (secondary N) is 1. The van der Waals surface area contributed by atoms with Gasteiger partial charge in [-0.05, 0) is 39.5 Å². The maximum absolute atomic E-state index is 12.3. The summed E-state index contributed by atoms with van der Waals surface area (Å²) in [5.74, 6) is -0.153. The first-order valence-corrected chi connectivity index (χ1v) is 8.21. The first-order chi connectivity index (χ1) is 9.97. The van der Waals surface area contributed by atoms with Crippen LogP contribution in [0.2, 0.25) is 0 Å². The lowest BCUT2D eigenvalue weighted by atomic mass is 9.81. The van der Waals surface area contributed by atoms with Crippen molar-refractivity contribution in [1.82, 2.24) is 20.1 Å². The Kier molecular flexibility index (Phi) is 5.27. The van der Waals surface area contributed by atoms with Gasteiger partial charge in [0.2, 0.25) is 0 Å². The van der Waals surface area contributed by atoms with Crippen molar-refractivity contribution in [2.45, 2.75) is 61.5 Å². The monoisotopic (exact) mass is 312 g/mol. The summed E-state index contributed by atoms with van der Waals surface area (Å²) in [6.45, 7) is 4.12. The minimum atomic E-state index is -0.572. The second kappa shape index (κ2) is 6.79. The number of ether oxygens (including phenoxy) is 1. The highest BCUT2D eigenvalue weighted by Gasteiger charge is 2.44. The van der Waals surface area contributed by atoms with E-state index in [0.29, 0.717) is 5.25 Å². The topological polar surface area (TPSA) is 69.0 Å². The molecule has 1 aromatic rings. The number of aryl methyl sites for hydroxylation is 1. The first-order valence-electron chi connectivity index (χ1n) is 7.33. The van der Waals surface area contributed by atoms with Crippen molar-refractivity contribution in [3.8, 4) is 0 Å². The fraction of sp³-hybridized carbons (Fsp3) is 0.786. The largest absolute Gasteiger partial charge is 0.468 e. The highest BCUT2D eigenvalue weighted by atomic mass is 32.2. The Labute approximate surface area is 130 Å². The van der Waals surface area contributed by atoms with E-state index in [4.69, 9.17) is 4.74 Å². The van der Waals surface area contributed by atoms with Crippen molar-refractivity contribution in [3.63, 3.8) is 0 Å². The van der Waals surface area contributed by atoms with E-state index in [9.17, 15) is 4.79 Å². The van der Waals surface area contributed by atoms with Crippen LogP contribution in [0, 0.1) is 0 Å². The molecule has 2 atom stereocenters. The molecule has 1 saturated carbocycles. The summed E-state index contributed by atoms with van der Waals surface area (Å²) in [7, 11) is 3.35. The van der Waals surface area contributed by atoms with Crippen LogP contribution < -0.4 is 5.32 Å². The summed E-state index contributed by atoms with van der Waals surface area (Å²) < 4.78 is 6.83. The standard InChI is InChI=1S/C14H24N4O2S/c1-10(2)17-14(12(19)20-4)7-5-6-11(8-14)21-13-15-9-16-18(13)3/h9-11,17H,5-8H2,1-4H3. The molecule has 1 aliphatic rings. The molecule has 0 aliphatic heterocycles. The van der Waals surface area contributed by atoms with Crippen molar-refractivity contribution in [2.24, 2.45) is 7.05 Å². The summed E-state index contributed by atoms with van der Waals surface area (Å²) >= 11 is 1.70. The zero-order valence-electron chi connectivity index (χ0n) is 13.1. The molecule has 118 valence electrons. The van der Waals surface area contributed by atoms with Gasteiger partial charge in [-0.1, -0.05) is 11.8 Å². The van der Waals surface area contributed by atoms with E-state index in [-0.39, 0.29) is 12.0 Å². The third-order valence-corrected chi connectivity index (χ3v) is 5.10. The van der Waals surface area contributed by atoms with Crippen molar-refractivity contribution in [3.05, 3.63) is 6.33 Å². The number of carbonyl (C=O) groups excluding carboxylic acids is 1. The quantitative estimate of drug-likeness (QED) is 0.836. The maximum Gasteiger partial charge on any atom is 0.326 e. The van der Waals surface area contributed by atoms with Gasteiger partial charge < -0.3 is 4.74 Å². The number of thioether (sulfide) groups is 1. The molecular formula is C14H24N4O2S. The number of carbonyl (C=O) groups is 1. The Bertz CT molecular complexity index is 491. The lowest BCUT2D eigenvalue weighted by Gasteiger charge is -2.40. The normalized spacial score (nSPS) is 26.0. The van der Waals surface area contributed by atoms with Crippen LogP contribution in [0.4, 0.5) is 0 Å². The SMILES string of the molecule is COC(=O)C1(NC(C)C)CCCC(Sc2ncnn2C)C1. The van der Waals surface area contributed by atoms with Crippen LogP contribution in [-0.4, -0.2) is 44.7 Å². The Morgan fingerprint density at radius 1 is 1.62 bits per heavy atom. The van der Waals surface area contributed by atoms with E-state index >= 15 is 0 Å². The van der Waals surface area contributed by atoms with Gasteiger partial charge in [0.25, 0.3) is 0 Å². The van der Waals surface area contributed by atoms with Crippen molar-refractivity contribution in [2.75, 3.05) is 7.11 Å². The van der Waals surface area contributed by atoms with Gasteiger partial charge in [0, 0.05) is 18.3 Å². The molecule has 1 N–H and O–H groups in total. The van der Waals surface area contributed by atoms with Crippen LogP contribution in [0.3, 0.4) is 0 Å². The fourth-order valence-corrected chi connectivity index (χ4v) is 4.25. The molecule has 0 bridgehead atoms. The van der Waals surface area contributed by atoms with Gasteiger partial charge in [0.1, 0.15) is 11.9 Å². The number of nitrogens with zero attached hydrogens (tertiary/aromatic N) is 3. The maximum atomic E-state index is 12.3. The van der Waals surface area contributed by atoms with Gasteiger partial charge in [-0.25, -0.2) is 9.67 Å². The van der Waals surface area contributed by atoms with Crippen LogP contribution in [0.1, 0.15) is 39.5 Å². The van der Waals surface area contributed by atoms with E-state index in [1.807, 2.05) is 7.05 Å². The molecule has 1 heterocycles. The van der Waals surface area contributed by atoms with Gasteiger partial charge in [0.15, 0.2) is 5.16 Å². The highest BCUT2D eigenvalue weighted by molar-refractivity contribution is 7.99. The summed E-state index contributed by atoms with van der Waals surface area (Å²) in [5, 5.41) is 8.77. The molecule has 1 fully saturated rings. The summed E-state index contributed by atoms with van der Waals surface area (Å²) in [5.41, 5.74) is -0.572. The number of esters is 1. The molecule has 21 heavy (non-hydrogen) atoms. The van der Waals surface area contributed by atoms with Gasteiger partial charge in [-0.15, -0.1) is 0 Å². The van der Waals surface area contributed by atoms with Crippen LogP contribution >= 0.6 is 11.8 Å². The van der Waals surface area contributed by atoms with E-state index in [0.717, 1.165) is 30.8 Å².